The fraction of sp³-hybridized carbons (Fsp3) is 0.800. The lowest BCUT2D eigenvalue weighted by Crippen LogP contribution is -2.21. The van der Waals surface area contributed by atoms with Gasteiger partial charge in [-0.05, 0) is 20.8 Å². The zero-order valence-corrected chi connectivity index (χ0v) is 10.1. The minimum atomic E-state index is -1.42. The molecule has 0 bridgehead atoms. The van der Waals surface area contributed by atoms with Gasteiger partial charge in [-0.2, -0.15) is 0 Å². The average molecular weight is 203 g/mol. The molecule has 0 aromatic heterocycles. The third-order valence-corrected chi connectivity index (χ3v) is 2.88. The molecule has 0 unspecified atom stereocenters. The SMILES string of the molecule is C#CCO[P+](C)(C)COC(C)(C)C. The van der Waals surface area contributed by atoms with Crippen LogP contribution < -0.4 is 0 Å². The maximum Gasteiger partial charge on any atom is 0.183 e. The molecule has 76 valence electrons. The third-order valence-electron chi connectivity index (χ3n) is 1.31. The first-order valence-electron chi connectivity index (χ1n) is 4.32. The van der Waals surface area contributed by atoms with Crippen LogP contribution in [0.1, 0.15) is 20.8 Å². The smallest absolute Gasteiger partial charge is 0.183 e. The molecule has 13 heavy (non-hydrogen) atoms. The zero-order chi connectivity index (χ0) is 10.5. The molecule has 0 aliphatic carbocycles. The summed E-state index contributed by atoms with van der Waals surface area (Å²) in [6, 6.07) is 0. The summed E-state index contributed by atoms with van der Waals surface area (Å²) in [7, 11) is -1.42. The molecule has 0 atom stereocenters. The second kappa shape index (κ2) is 4.96. The molecule has 0 aliphatic rings. The summed E-state index contributed by atoms with van der Waals surface area (Å²) in [5, 5.41) is 0. The molecule has 0 heterocycles. The van der Waals surface area contributed by atoms with Gasteiger partial charge in [-0.25, -0.2) is 4.52 Å². The molecule has 0 fully saturated rings. The second-order valence-corrected chi connectivity index (χ2v) is 8.10. The van der Waals surface area contributed by atoms with Crippen LogP contribution in [0.3, 0.4) is 0 Å². The van der Waals surface area contributed by atoms with Crippen LogP contribution in [0.25, 0.3) is 0 Å². The minimum absolute atomic E-state index is 0.100. The van der Waals surface area contributed by atoms with E-state index in [1.165, 1.54) is 0 Å². The van der Waals surface area contributed by atoms with Crippen LogP contribution in [0.2, 0.25) is 0 Å². The summed E-state index contributed by atoms with van der Waals surface area (Å²) in [6.07, 6.45) is 5.78. The summed E-state index contributed by atoms with van der Waals surface area (Å²) in [4.78, 5) is 0. The fourth-order valence-corrected chi connectivity index (χ4v) is 1.80. The van der Waals surface area contributed by atoms with Crippen LogP contribution in [0.4, 0.5) is 0 Å². The van der Waals surface area contributed by atoms with Gasteiger partial charge in [0.2, 0.25) is 0 Å². The lowest BCUT2D eigenvalue weighted by molar-refractivity contribution is 0.0224. The van der Waals surface area contributed by atoms with Crippen LogP contribution >= 0.6 is 7.49 Å². The Kier molecular flexibility index (Phi) is 4.92. The quantitative estimate of drug-likeness (QED) is 0.516. The minimum Gasteiger partial charge on any atom is -0.338 e. The van der Waals surface area contributed by atoms with E-state index in [1.807, 2.05) is 20.8 Å². The van der Waals surface area contributed by atoms with Crippen LogP contribution in [0.5, 0.6) is 0 Å². The van der Waals surface area contributed by atoms with E-state index in [9.17, 15) is 0 Å². The number of hydrogen-bond donors (Lipinski definition) is 0. The molecule has 0 radical (unpaired) electrons. The van der Waals surface area contributed by atoms with E-state index in [0.717, 1.165) is 0 Å². The molecule has 0 rings (SSSR count). The van der Waals surface area contributed by atoms with Crippen LogP contribution in [0, 0.1) is 12.3 Å². The van der Waals surface area contributed by atoms with Crippen molar-refractivity contribution in [2.75, 3.05) is 26.3 Å². The van der Waals surface area contributed by atoms with Gasteiger partial charge in [-0.1, -0.05) is 5.92 Å². The Morgan fingerprint density at radius 1 is 1.31 bits per heavy atom. The fourth-order valence-electron chi connectivity index (χ4n) is 0.598. The van der Waals surface area contributed by atoms with Gasteiger partial charge >= 0.3 is 0 Å². The highest BCUT2D eigenvalue weighted by Crippen LogP contribution is 2.52. The summed E-state index contributed by atoms with van der Waals surface area (Å²) in [5.74, 6) is 2.47. The number of hydrogen-bond acceptors (Lipinski definition) is 2. The largest absolute Gasteiger partial charge is 0.338 e. The Labute approximate surface area is 82.4 Å². The van der Waals surface area contributed by atoms with Gasteiger partial charge in [0.15, 0.2) is 20.4 Å². The van der Waals surface area contributed by atoms with Gasteiger partial charge in [0, 0.05) is 0 Å². The molecule has 0 N–H and O–H groups in total. The monoisotopic (exact) mass is 203 g/mol. The Bertz CT molecular complexity index is 186. The zero-order valence-electron chi connectivity index (χ0n) is 9.26. The standard InChI is InChI=1S/C10H20O2P/c1-7-8-12-13(5,6)9-11-10(2,3)4/h1H,8-9H2,2-6H3/q+1. The first-order valence-corrected chi connectivity index (χ1v) is 7.10. The summed E-state index contributed by atoms with van der Waals surface area (Å²) >= 11 is 0. The molecule has 0 saturated heterocycles. The molecule has 0 aliphatic heterocycles. The first-order chi connectivity index (χ1) is 5.77. The van der Waals surface area contributed by atoms with E-state index >= 15 is 0 Å². The lowest BCUT2D eigenvalue weighted by Gasteiger charge is -2.23. The van der Waals surface area contributed by atoms with E-state index in [-0.39, 0.29) is 5.60 Å². The molecule has 0 amide bonds. The lowest BCUT2D eigenvalue weighted by atomic mass is 10.2. The van der Waals surface area contributed by atoms with Crippen LogP contribution in [-0.4, -0.2) is 31.9 Å². The highest BCUT2D eigenvalue weighted by molar-refractivity contribution is 7.69. The molecule has 0 aromatic rings. The van der Waals surface area contributed by atoms with E-state index in [1.54, 1.807) is 0 Å². The van der Waals surface area contributed by atoms with Crippen molar-refractivity contribution >= 4 is 7.49 Å². The number of rotatable bonds is 4. The van der Waals surface area contributed by atoms with Crippen molar-refractivity contribution < 1.29 is 9.26 Å². The Balaban J connectivity index is 3.83. The Morgan fingerprint density at radius 2 is 1.85 bits per heavy atom. The molecule has 0 spiro atoms. The number of ether oxygens (including phenoxy) is 1. The predicted octanol–water partition coefficient (Wildman–Crippen LogP) is 2.60. The first kappa shape index (κ1) is 12.9. The second-order valence-electron chi connectivity index (χ2n) is 4.44. The van der Waals surface area contributed by atoms with Gasteiger partial charge in [0.1, 0.15) is 0 Å². The molecular weight excluding hydrogens is 183 g/mol. The van der Waals surface area contributed by atoms with Crippen LogP contribution in [0.15, 0.2) is 0 Å². The van der Waals surface area contributed by atoms with Gasteiger partial charge < -0.3 is 4.74 Å². The van der Waals surface area contributed by atoms with E-state index in [4.69, 9.17) is 15.7 Å². The van der Waals surface area contributed by atoms with Crippen molar-refractivity contribution in [1.82, 2.24) is 0 Å². The van der Waals surface area contributed by atoms with E-state index in [0.29, 0.717) is 13.0 Å². The van der Waals surface area contributed by atoms with Crippen molar-refractivity contribution in [1.29, 1.82) is 0 Å². The topological polar surface area (TPSA) is 18.5 Å². The predicted molar refractivity (Wildman–Crippen MR) is 59.3 cm³/mol. The van der Waals surface area contributed by atoms with E-state index < -0.39 is 7.49 Å². The normalized spacial score (nSPS) is 12.6. The average Bonchev–Trinajstić information content (AvgIpc) is 1.97. The van der Waals surface area contributed by atoms with Gasteiger partial charge in [0.05, 0.1) is 18.9 Å². The summed E-state index contributed by atoms with van der Waals surface area (Å²) in [6.45, 7) is 10.6. The van der Waals surface area contributed by atoms with Crippen molar-refractivity contribution in [3.8, 4) is 12.3 Å². The van der Waals surface area contributed by atoms with Crippen molar-refractivity contribution in [2.24, 2.45) is 0 Å². The number of terminal acetylenes is 1. The molecule has 2 nitrogen and oxygen atoms in total. The molecule has 0 saturated carbocycles. The maximum absolute atomic E-state index is 5.65. The Hall–Kier alpha value is -0.0900. The summed E-state index contributed by atoms with van der Waals surface area (Å²) in [5.41, 5.74) is -0.100. The summed E-state index contributed by atoms with van der Waals surface area (Å²) < 4.78 is 11.2. The molecular formula is C10H20O2P+. The third kappa shape index (κ3) is 8.25. The van der Waals surface area contributed by atoms with Gasteiger partial charge in [-0.3, -0.25) is 0 Å². The van der Waals surface area contributed by atoms with Gasteiger partial charge in [0.25, 0.3) is 0 Å². The molecule has 3 heteroatoms. The van der Waals surface area contributed by atoms with Gasteiger partial charge in [-0.15, -0.1) is 6.42 Å². The van der Waals surface area contributed by atoms with Crippen molar-refractivity contribution in [3.63, 3.8) is 0 Å². The maximum atomic E-state index is 5.65. The van der Waals surface area contributed by atoms with Crippen LogP contribution in [-0.2, 0) is 9.26 Å². The van der Waals surface area contributed by atoms with Crippen molar-refractivity contribution in [3.05, 3.63) is 0 Å². The molecule has 0 aromatic carbocycles. The Morgan fingerprint density at radius 3 is 2.23 bits per heavy atom. The van der Waals surface area contributed by atoms with E-state index in [2.05, 4.69) is 19.3 Å². The highest BCUT2D eigenvalue weighted by Gasteiger charge is 2.29. The van der Waals surface area contributed by atoms with Crippen molar-refractivity contribution in [2.45, 2.75) is 26.4 Å². The highest BCUT2D eigenvalue weighted by atomic mass is 31.2.